The number of allylic oxidation sites excluding steroid dienone is 1. The van der Waals surface area contributed by atoms with Crippen LogP contribution in [-0.4, -0.2) is 41.6 Å². The van der Waals surface area contributed by atoms with Gasteiger partial charge in [0, 0.05) is 13.1 Å². The Kier molecular flexibility index (Phi) is 5.03. The highest BCUT2D eigenvalue weighted by atomic mass is 35.5. The highest BCUT2D eigenvalue weighted by molar-refractivity contribution is 6.22. The third-order valence-corrected chi connectivity index (χ3v) is 3.59. The fourth-order valence-corrected chi connectivity index (χ4v) is 2.04. The molecule has 0 unspecified atom stereocenters. The van der Waals surface area contributed by atoms with Crippen molar-refractivity contribution in [3.05, 3.63) is 11.8 Å². The molecule has 1 aliphatic rings. The van der Waals surface area contributed by atoms with Gasteiger partial charge in [-0.2, -0.15) is 4.98 Å². The molecule has 1 aromatic heterocycles. The van der Waals surface area contributed by atoms with Gasteiger partial charge in [0.05, 0.1) is 24.3 Å². The van der Waals surface area contributed by atoms with Crippen molar-refractivity contribution in [3.8, 4) is 0 Å². The first-order valence-corrected chi connectivity index (χ1v) is 7.13. The first kappa shape index (κ1) is 14.9. The summed E-state index contributed by atoms with van der Waals surface area (Å²) >= 11 is 6.07. The summed E-state index contributed by atoms with van der Waals surface area (Å²) < 4.78 is 5.33. The van der Waals surface area contributed by atoms with Crippen LogP contribution in [0.25, 0.3) is 6.08 Å². The molecular weight excluding hydrogens is 278 g/mol. The summed E-state index contributed by atoms with van der Waals surface area (Å²) in [6, 6.07) is 0. The van der Waals surface area contributed by atoms with E-state index in [0.717, 1.165) is 19.5 Å². The number of ether oxygens (including phenoxy) is 1. The van der Waals surface area contributed by atoms with Crippen LogP contribution in [0.1, 0.15) is 19.0 Å². The molecule has 1 saturated heterocycles. The summed E-state index contributed by atoms with van der Waals surface area (Å²) in [4.78, 5) is 10.5. The maximum absolute atomic E-state index is 6.15. The summed E-state index contributed by atoms with van der Waals surface area (Å²) in [6.45, 7) is 4.83. The molecule has 1 aromatic rings. The standard InChI is InChI=1S/C13H20ClN5O/c1-2-9(14)3-4-10-11(15)12(18-13(16)17-10)19-5-7-20-8-6-19/h3-4,9H,2,5-8,15H2,1H3,(H2,16,17,18)/b4-3-/t9-/m1/s1. The number of hydrogen-bond acceptors (Lipinski definition) is 6. The van der Waals surface area contributed by atoms with Crippen LogP contribution in [0.2, 0.25) is 0 Å². The van der Waals surface area contributed by atoms with E-state index >= 15 is 0 Å². The predicted octanol–water partition coefficient (Wildman–Crippen LogP) is 1.51. The van der Waals surface area contributed by atoms with Crippen LogP contribution >= 0.6 is 11.6 Å². The summed E-state index contributed by atoms with van der Waals surface area (Å²) in [5, 5.41) is -0.0440. The van der Waals surface area contributed by atoms with Crippen molar-refractivity contribution in [3.63, 3.8) is 0 Å². The van der Waals surface area contributed by atoms with Gasteiger partial charge in [-0.15, -0.1) is 11.6 Å². The average molecular weight is 298 g/mol. The van der Waals surface area contributed by atoms with Gasteiger partial charge in [-0.3, -0.25) is 0 Å². The molecule has 0 amide bonds. The third kappa shape index (κ3) is 3.52. The zero-order chi connectivity index (χ0) is 14.5. The number of hydrogen-bond donors (Lipinski definition) is 2. The third-order valence-electron chi connectivity index (χ3n) is 3.14. The molecule has 4 N–H and O–H groups in total. The topological polar surface area (TPSA) is 90.3 Å². The van der Waals surface area contributed by atoms with Gasteiger partial charge >= 0.3 is 0 Å². The minimum Gasteiger partial charge on any atom is -0.394 e. The van der Waals surface area contributed by atoms with Gasteiger partial charge in [0.15, 0.2) is 5.82 Å². The number of nitrogens with two attached hydrogens (primary N) is 2. The summed E-state index contributed by atoms with van der Waals surface area (Å²) in [6.07, 6.45) is 4.51. The highest BCUT2D eigenvalue weighted by Gasteiger charge is 2.18. The summed E-state index contributed by atoms with van der Waals surface area (Å²) in [7, 11) is 0. The first-order chi connectivity index (χ1) is 9.61. The Morgan fingerprint density at radius 1 is 1.35 bits per heavy atom. The van der Waals surface area contributed by atoms with E-state index in [-0.39, 0.29) is 11.3 Å². The molecule has 7 heteroatoms. The van der Waals surface area contributed by atoms with Crippen molar-refractivity contribution in [2.24, 2.45) is 0 Å². The normalized spacial score (nSPS) is 17.6. The largest absolute Gasteiger partial charge is 0.394 e. The van der Waals surface area contributed by atoms with E-state index in [9.17, 15) is 0 Å². The lowest BCUT2D eigenvalue weighted by Gasteiger charge is -2.29. The second kappa shape index (κ2) is 6.76. The highest BCUT2D eigenvalue weighted by Crippen LogP contribution is 2.26. The monoisotopic (exact) mass is 297 g/mol. The number of alkyl halides is 1. The molecule has 1 fully saturated rings. The van der Waals surface area contributed by atoms with Gasteiger partial charge in [-0.05, 0) is 12.5 Å². The van der Waals surface area contributed by atoms with Crippen molar-refractivity contribution in [2.75, 3.05) is 42.7 Å². The second-order valence-corrected chi connectivity index (χ2v) is 5.15. The lowest BCUT2D eigenvalue weighted by Crippen LogP contribution is -2.37. The molecular formula is C13H20ClN5O. The van der Waals surface area contributed by atoms with Gasteiger partial charge in [0.2, 0.25) is 5.95 Å². The maximum Gasteiger partial charge on any atom is 0.222 e. The average Bonchev–Trinajstić information content (AvgIpc) is 2.48. The van der Waals surface area contributed by atoms with Gasteiger partial charge in [0.25, 0.3) is 0 Å². The van der Waals surface area contributed by atoms with E-state index in [1.54, 1.807) is 6.08 Å². The fraction of sp³-hybridized carbons (Fsp3) is 0.538. The minimum atomic E-state index is -0.0440. The van der Waals surface area contributed by atoms with Crippen LogP contribution in [0.4, 0.5) is 17.5 Å². The Hall–Kier alpha value is -1.53. The molecule has 2 rings (SSSR count). The van der Waals surface area contributed by atoms with Crippen molar-refractivity contribution in [2.45, 2.75) is 18.7 Å². The molecule has 2 heterocycles. The van der Waals surface area contributed by atoms with Crippen LogP contribution in [0.3, 0.4) is 0 Å². The molecule has 110 valence electrons. The van der Waals surface area contributed by atoms with Crippen LogP contribution < -0.4 is 16.4 Å². The van der Waals surface area contributed by atoms with E-state index in [4.69, 9.17) is 27.8 Å². The molecule has 20 heavy (non-hydrogen) atoms. The molecule has 0 bridgehead atoms. The molecule has 0 spiro atoms. The van der Waals surface area contributed by atoms with Gasteiger partial charge in [-0.1, -0.05) is 13.0 Å². The Balaban J connectivity index is 2.29. The number of nitrogen functional groups attached to an aromatic ring is 2. The number of morpholine rings is 1. The van der Waals surface area contributed by atoms with Crippen LogP contribution in [-0.2, 0) is 4.74 Å². The van der Waals surface area contributed by atoms with Crippen LogP contribution in [0.15, 0.2) is 6.08 Å². The lowest BCUT2D eigenvalue weighted by atomic mass is 10.2. The molecule has 1 atom stereocenters. The van der Waals surface area contributed by atoms with E-state index in [0.29, 0.717) is 30.4 Å². The summed E-state index contributed by atoms with van der Waals surface area (Å²) in [5.74, 6) is 0.881. The first-order valence-electron chi connectivity index (χ1n) is 6.69. The zero-order valence-corrected chi connectivity index (χ0v) is 12.3. The molecule has 0 aromatic carbocycles. The SMILES string of the molecule is CC[C@@H](Cl)/C=C\c1nc(N)nc(N2CCOCC2)c1N. The zero-order valence-electron chi connectivity index (χ0n) is 11.6. The Bertz CT molecular complexity index is 488. The van der Waals surface area contributed by atoms with E-state index in [2.05, 4.69) is 14.9 Å². The Morgan fingerprint density at radius 2 is 2.05 bits per heavy atom. The minimum absolute atomic E-state index is 0.0440. The van der Waals surface area contributed by atoms with E-state index in [1.807, 2.05) is 13.0 Å². The van der Waals surface area contributed by atoms with Crippen molar-refractivity contribution < 1.29 is 4.74 Å². The molecule has 0 radical (unpaired) electrons. The smallest absolute Gasteiger partial charge is 0.222 e. The summed E-state index contributed by atoms with van der Waals surface area (Å²) in [5.41, 5.74) is 13.1. The molecule has 6 nitrogen and oxygen atoms in total. The number of rotatable bonds is 4. The van der Waals surface area contributed by atoms with Crippen molar-refractivity contribution in [1.82, 2.24) is 9.97 Å². The van der Waals surface area contributed by atoms with Gasteiger partial charge in [-0.25, -0.2) is 4.98 Å². The number of halogens is 1. The van der Waals surface area contributed by atoms with Crippen molar-refractivity contribution >= 4 is 35.1 Å². The fourth-order valence-electron chi connectivity index (χ4n) is 1.97. The molecule has 0 aliphatic carbocycles. The number of aromatic nitrogens is 2. The Morgan fingerprint density at radius 3 is 2.70 bits per heavy atom. The van der Waals surface area contributed by atoms with Crippen molar-refractivity contribution in [1.29, 1.82) is 0 Å². The lowest BCUT2D eigenvalue weighted by molar-refractivity contribution is 0.122. The molecule has 1 aliphatic heterocycles. The Labute approximate surface area is 123 Å². The van der Waals surface area contributed by atoms with Gasteiger partial charge in [0.1, 0.15) is 5.69 Å². The number of anilines is 3. The quantitative estimate of drug-likeness (QED) is 0.819. The van der Waals surface area contributed by atoms with E-state index in [1.165, 1.54) is 0 Å². The van der Waals surface area contributed by atoms with Gasteiger partial charge < -0.3 is 21.1 Å². The van der Waals surface area contributed by atoms with Crippen LogP contribution in [0.5, 0.6) is 0 Å². The second-order valence-electron chi connectivity index (χ2n) is 4.59. The van der Waals surface area contributed by atoms with E-state index < -0.39 is 0 Å². The maximum atomic E-state index is 6.15. The number of nitrogens with zero attached hydrogens (tertiary/aromatic N) is 3. The van der Waals surface area contributed by atoms with Crippen LogP contribution in [0, 0.1) is 0 Å². The molecule has 0 saturated carbocycles. The predicted molar refractivity (Wildman–Crippen MR) is 82.9 cm³/mol.